The van der Waals surface area contributed by atoms with E-state index in [2.05, 4.69) is 11.7 Å². The van der Waals surface area contributed by atoms with Gasteiger partial charge in [-0.1, -0.05) is 66.4 Å². The highest BCUT2D eigenvalue weighted by Gasteiger charge is 2.43. The van der Waals surface area contributed by atoms with E-state index < -0.39 is 11.6 Å². The number of carbonyl (C=O) groups is 1. The maximum atomic E-state index is 11.2. The van der Waals surface area contributed by atoms with Crippen LogP contribution >= 0.6 is 0 Å². The van der Waals surface area contributed by atoms with E-state index >= 15 is 0 Å². The summed E-state index contributed by atoms with van der Waals surface area (Å²) in [5, 5.41) is 12.9. The SMILES string of the molecule is C=C/C(=C\C=C/C)CC1(c2ccccc2)CC(C(=O)O)=NO1. The van der Waals surface area contributed by atoms with Gasteiger partial charge in [-0.3, -0.25) is 0 Å². The lowest BCUT2D eigenvalue weighted by Gasteiger charge is -2.27. The average Bonchev–Trinajstić information content (AvgIpc) is 2.98. The van der Waals surface area contributed by atoms with Crippen LogP contribution in [0.4, 0.5) is 0 Å². The van der Waals surface area contributed by atoms with Crippen LogP contribution in [0, 0.1) is 0 Å². The van der Waals surface area contributed by atoms with Crippen molar-refractivity contribution >= 4 is 11.7 Å². The first-order chi connectivity index (χ1) is 10.6. The van der Waals surface area contributed by atoms with Crippen LogP contribution in [-0.4, -0.2) is 16.8 Å². The van der Waals surface area contributed by atoms with Gasteiger partial charge >= 0.3 is 5.97 Å². The Morgan fingerprint density at radius 3 is 2.73 bits per heavy atom. The Kier molecular flexibility index (Phi) is 4.94. The largest absolute Gasteiger partial charge is 0.477 e. The van der Waals surface area contributed by atoms with Gasteiger partial charge < -0.3 is 9.94 Å². The Morgan fingerprint density at radius 2 is 2.18 bits per heavy atom. The molecule has 0 aliphatic carbocycles. The minimum atomic E-state index is -1.05. The second-order valence-corrected chi connectivity index (χ2v) is 5.12. The van der Waals surface area contributed by atoms with E-state index in [1.54, 1.807) is 6.08 Å². The number of carboxylic acid groups (broad SMARTS) is 1. The number of benzene rings is 1. The van der Waals surface area contributed by atoms with Gasteiger partial charge in [0.1, 0.15) is 0 Å². The molecule has 0 fully saturated rings. The molecule has 1 aromatic rings. The Morgan fingerprint density at radius 1 is 1.45 bits per heavy atom. The molecular formula is C18H19NO3. The van der Waals surface area contributed by atoms with E-state index in [0.717, 1.165) is 11.1 Å². The third-order valence-electron chi connectivity index (χ3n) is 3.58. The zero-order valence-corrected chi connectivity index (χ0v) is 12.5. The summed E-state index contributed by atoms with van der Waals surface area (Å²) in [6.07, 6.45) is 8.28. The first kappa shape index (κ1) is 15.8. The van der Waals surface area contributed by atoms with Crippen molar-refractivity contribution in [1.29, 1.82) is 0 Å². The fourth-order valence-corrected chi connectivity index (χ4v) is 2.43. The lowest BCUT2D eigenvalue weighted by molar-refractivity contribution is -0.129. The van der Waals surface area contributed by atoms with Gasteiger partial charge in [0.2, 0.25) is 0 Å². The molecule has 0 amide bonds. The van der Waals surface area contributed by atoms with Gasteiger partial charge in [-0.15, -0.1) is 0 Å². The summed E-state index contributed by atoms with van der Waals surface area (Å²) in [4.78, 5) is 16.8. The second-order valence-electron chi connectivity index (χ2n) is 5.12. The summed E-state index contributed by atoms with van der Waals surface area (Å²) in [5.74, 6) is -1.05. The van der Waals surface area contributed by atoms with Gasteiger partial charge in [-0.25, -0.2) is 4.79 Å². The predicted octanol–water partition coefficient (Wildman–Crippen LogP) is 3.82. The fraction of sp³-hybridized carbons (Fsp3) is 0.222. The highest BCUT2D eigenvalue weighted by Crippen LogP contribution is 2.40. The van der Waals surface area contributed by atoms with Crippen LogP contribution in [0.25, 0.3) is 0 Å². The van der Waals surface area contributed by atoms with E-state index in [1.807, 2.05) is 55.5 Å². The molecule has 0 radical (unpaired) electrons. The van der Waals surface area contributed by atoms with Gasteiger partial charge in [0.25, 0.3) is 0 Å². The molecule has 1 heterocycles. The molecule has 0 saturated carbocycles. The first-order valence-corrected chi connectivity index (χ1v) is 7.09. The summed E-state index contributed by atoms with van der Waals surface area (Å²) < 4.78 is 0. The average molecular weight is 297 g/mol. The van der Waals surface area contributed by atoms with Crippen LogP contribution in [0.15, 0.2) is 71.9 Å². The van der Waals surface area contributed by atoms with Crippen molar-refractivity contribution in [2.75, 3.05) is 0 Å². The summed E-state index contributed by atoms with van der Waals surface area (Å²) in [7, 11) is 0. The number of hydrogen-bond acceptors (Lipinski definition) is 3. The van der Waals surface area contributed by atoms with Crippen molar-refractivity contribution in [1.82, 2.24) is 0 Å². The van der Waals surface area contributed by atoms with E-state index in [9.17, 15) is 4.79 Å². The summed E-state index contributed by atoms with van der Waals surface area (Å²) >= 11 is 0. The van der Waals surface area contributed by atoms with Crippen LogP contribution in [0.2, 0.25) is 0 Å². The van der Waals surface area contributed by atoms with E-state index in [4.69, 9.17) is 9.94 Å². The summed E-state index contributed by atoms with van der Waals surface area (Å²) in [5.41, 5.74) is 1.11. The molecule has 1 aromatic carbocycles. The summed E-state index contributed by atoms with van der Waals surface area (Å²) in [6.45, 7) is 5.76. The highest BCUT2D eigenvalue weighted by atomic mass is 16.7. The molecule has 114 valence electrons. The molecule has 4 heteroatoms. The third kappa shape index (κ3) is 3.34. The molecule has 1 N–H and O–H groups in total. The van der Waals surface area contributed by atoms with Crippen LogP contribution in [0.3, 0.4) is 0 Å². The molecule has 1 aliphatic rings. The molecule has 0 saturated heterocycles. The first-order valence-electron chi connectivity index (χ1n) is 7.09. The van der Waals surface area contributed by atoms with Crippen molar-refractivity contribution in [3.8, 4) is 0 Å². The smallest absolute Gasteiger partial charge is 0.353 e. The van der Waals surface area contributed by atoms with Gasteiger partial charge in [0, 0.05) is 12.8 Å². The van der Waals surface area contributed by atoms with Gasteiger partial charge in [0.15, 0.2) is 11.3 Å². The van der Waals surface area contributed by atoms with Crippen molar-refractivity contribution in [3.63, 3.8) is 0 Å². The van der Waals surface area contributed by atoms with E-state index in [0.29, 0.717) is 6.42 Å². The molecular weight excluding hydrogens is 278 g/mol. The Balaban J connectivity index is 2.36. The number of nitrogens with zero attached hydrogens (tertiary/aromatic N) is 1. The van der Waals surface area contributed by atoms with Crippen molar-refractivity contribution in [2.24, 2.45) is 5.16 Å². The van der Waals surface area contributed by atoms with Crippen molar-refractivity contribution < 1.29 is 14.7 Å². The third-order valence-corrected chi connectivity index (χ3v) is 3.58. The Hall–Kier alpha value is -2.62. The van der Waals surface area contributed by atoms with Gasteiger partial charge in [-0.2, -0.15) is 0 Å². The highest BCUT2D eigenvalue weighted by molar-refractivity contribution is 6.36. The zero-order valence-electron chi connectivity index (χ0n) is 12.5. The van der Waals surface area contributed by atoms with Crippen molar-refractivity contribution in [3.05, 3.63) is 72.4 Å². The second kappa shape index (κ2) is 6.89. The Labute approximate surface area is 130 Å². The maximum absolute atomic E-state index is 11.2. The molecule has 1 atom stereocenters. The quantitative estimate of drug-likeness (QED) is 0.812. The molecule has 2 rings (SSSR count). The number of aliphatic carboxylic acids is 1. The minimum absolute atomic E-state index is 0.0401. The minimum Gasteiger partial charge on any atom is -0.477 e. The predicted molar refractivity (Wildman–Crippen MR) is 86.6 cm³/mol. The number of allylic oxidation sites excluding steroid dienone is 4. The fourth-order valence-electron chi connectivity index (χ4n) is 2.43. The topological polar surface area (TPSA) is 58.9 Å². The van der Waals surface area contributed by atoms with Crippen LogP contribution in [-0.2, 0) is 15.2 Å². The summed E-state index contributed by atoms with van der Waals surface area (Å²) in [6, 6.07) is 9.58. The normalized spacial score (nSPS) is 21.5. The molecule has 1 aliphatic heterocycles. The molecule has 0 bridgehead atoms. The Bertz CT molecular complexity index is 644. The number of hydrogen-bond donors (Lipinski definition) is 1. The van der Waals surface area contributed by atoms with Crippen molar-refractivity contribution in [2.45, 2.75) is 25.4 Å². The molecule has 1 unspecified atom stereocenters. The standard InChI is InChI=1S/C18H19NO3/c1-3-5-9-14(4-2)12-18(15-10-7-6-8-11-15)13-16(17(20)21)19-22-18/h3-11H,2,12-13H2,1H3,(H,20,21)/b5-3-,14-9+. The molecule has 0 aromatic heterocycles. The molecule has 22 heavy (non-hydrogen) atoms. The van der Waals surface area contributed by atoms with Gasteiger partial charge in [-0.05, 0) is 18.1 Å². The molecule has 4 nitrogen and oxygen atoms in total. The number of oxime groups is 1. The van der Waals surface area contributed by atoms with E-state index in [1.165, 1.54) is 0 Å². The maximum Gasteiger partial charge on any atom is 0.353 e. The molecule has 0 spiro atoms. The van der Waals surface area contributed by atoms with E-state index in [-0.39, 0.29) is 12.1 Å². The monoisotopic (exact) mass is 297 g/mol. The van der Waals surface area contributed by atoms with Crippen LogP contribution < -0.4 is 0 Å². The lowest BCUT2D eigenvalue weighted by atomic mass is 9.83. The zero-order chi connectivity index (χ0) is 16.0. The van der Waals surface area contributed by atoms with Crippen LogP contribution in [0.5, 0.6) is 0 Å². The number of carboxylic acids is 1. The van der Waals surface area contributed by atoms with Gasteiger partial charge in [0.05, 0.1) is 0 Å². The lowest BCUT2D eigenvalue weighted by Crippen LogP contribution is -2.28. The number of rotatable bonds is 6. The van der Waals surface area contributed by atoms with Crippen LogP contribution in [0.1, 0.15) is 25.3 Å².